The number of aromatic amines is 1. The molecule has 0 radical (unpaired) electrons. The Labute approximate surface area is 155 Å². The van der Waals surface area contributed by atoms with Crippen molar-refractivity contribution in [2.45, 2.75) is 33.1 Å². The molecule has 0 saturated carbocycles. The third-order valence-electron chi connectivity index (χ3n) is 4.93. The molecule has 1 aliphatic rings. The standard InChI is InChI=1S/C20H18FN5O/c1-11-7-15(16-8-22-24-20(16)23-11)18-17-10-27-12(2)9-26(17)25-19(18)13-3-5-14(21)6-4-13/h3-8,12H,9-10H2,1-2H3,(H,22,23,24)/t12-/m0/s1. The maximum absolute atomic E-state index is 13.5. The van der Waals surface area contributed by atoms with E-state index in [1.807, 2.05) is 24.6 Å². The lowest BCUT2D eigenvalue weighted by atomic mass is 9.96. The molecule has 0 amide bonds. The number of aromatic nitrogens is 5. The number of rotatable bonds is 2. The van der Waals surface area contributed by atoms with Crippen molar-refractivity contribution in [3.8, 4) is 22.4 Å². The monoisotopic (exact) mass is 363 g/mol. The molecule has 136 valence electrons. The van der Waals surface area contributed by atoms with Gasteiger partial charge in [0.25, 0.3) is 0 Å². The van der Waals surface area contributed by atoms with Crippen molar-refractivity contribution in [3.05, 3.63) is 53.7 Å². The van der Waals surface area contributed by atoms with E-state index in [0.29, 0.717) is 13.2 Å². The number of nitrogens with one attached hydrogen (secondary N) is 1. The van der Waals surface area contributed by atoms with Crippen molar-refractivity contribution in [1.82, 2.24) is 25.0 Å². The second-order valence-corrected chi connectivity index (χ2v) is 6.92. The Morgan fingerprint density at radius 2 is 2.07 bits per heavy atom. The Morgan fingerprint density at radius 1 is 1.26 bits per heavy atom. The number of hydrogen-bond acceptors (Lipinski definition) is 4. The molecular formula is C20H18FN5O. The maximum atomic E-state index is 13.5. The van der Waals surface area contributed by atoms with Gasteiger partial charge in [-0.05, 0) is 44.2 Å². The Balaban J connectivity index is 1.82. The van der Waals surface area contributed by atoms with Gasteiger partial charge >= 0.3 is 0 Å². The zero-order valence-electron chi connectivity index (χ0n) is 15.0. The lowest BCUT2D eigenvalue weighted by Crippen LogP contribution is -2.25. The number of ether oxygens (including phenoxy) is 1. The van der Waals surface area contributed by atoms with Gasteiger partial charge in [0.1, 0.15) is 11.5 Å². The van der Waals surface area contributed by atoms with Crippen molar-refractivity contribution in [3.63, 3.8) is 0 Å². The average Bonchev–Trinajstić information content (AvgIpc) is 3.25. The number of pyridine rings is 1. The van der Waals surface area contributed by atoms with Crippen LogP contribution in [0.25, 0.3) is 33.4 Å². The summed E-state index contributed by atoms with van der Waals surface area (Å²) in [5, 5.41) is 12.9. The molecule has 7 heteroatoms. The van der Waals surface area contributed by atoms with Crippen LogP contribution in [-0.4, -0.2) is 31.1 Å². The molecule has 0 spiro atoms. The maximum Gasteiger partial charge on any atom is 0.155 e. The molecule has 0 saturated heterocycles. The van der Waals surface area contributed by atoms with Crippen LogP contribution in [0.3, 0.4) is 0 Å². The van der Waals surface area contributed by atoms with Crippen LogP contribution in [0.1, 0.15) is 18.3 Å². The molecule has 0 unspecified atom stereocenters. The van der Waals surface area contributed by atoms with Crippen LogP contribution in [0.4, 0.5) is 4.39 Å². The summed E-state index contributed by atoms with van der Waals surface area (Å²) in [6.07, 6.45) is 1.88. The lowest BCUT2D eigenvalue weighted by Gasteiger charge is -2.21. The molecule has 1 aromatic carbocycles. The number of aryl methyl sites for hydroxylation is 1. The molecule has 4 aromatic rings. The van der Waals surface area contributed by atoms with Gasteiger partial charge in [0, 0.05) is 27.8 Å². The molecule has 1 N–H and O–H groups in total. The highest BCUT2D eigenvalue weighted by molar-refractivity contribution is 5.97. The number of benzene rings is 1. The molecule has 0 aliphatic carbocycles. The second kappa shape index (κ2) is 5.99. The van der Waals surface area contributed by atoms with Gasteiger partial charge in [0.2, 0.25) is 0 Å². The summed E-state index contributed by atoms with van der Waals surface area (Å²) in [5.74, 6) is -0.266. The van der Waals surface area contributed by atoms with Gasteiger partial charge in [-0.3, -0.25) is 9.78 Å². The predicted octanol–water partition coefficient (Wildman–Crippen LogP) is 3.85. The van der Waals surface area contributed by atoms with E-state index in [-0.39, 0.29) is 11.9 Å². The first kappa shape index (κ1) is 16.1. The van der Waals surface area contributed by atoms with Crippen LogP contribution >= 0.6 is 0 Å². The molecule has 1 aliphatic heterocycles. The van der Waals surface area contributed by atoms with Crippen LogP contribution in [0.15, 0.2) is 36.5 Å². The smallest absolute Gasteiger partial charge is 0.155 e. The predicted molar refractivity (Wildman–Crippen MR) is 99.5 cm³/mol. The number of fused-ring (bicyclic) bond motifs is 2. The van der Waals surface area contributed by atoms with Crippen LogP contribution < -0.4 is 0 Å². The molecule has 4 heterocycles. The van der Waals surface area contributed by atoms with Gasteiger partial charge in [-0.25, -0.2) is 9.37 Å². The summed E-state index contributed by atoms with van der Waals surface area (Å²) in [6.45, 7) is 5.15. The van der Waals surface area contributed by atoms with Crippen molar-refractivity contribution in [1.29, 1.82) is 0 Å². The Morgan fingerprint density at radius 3 is 2.89 bits per heavy atom. The summed E-state index contributed by atoms with van der Waals surface area (Å²) in [4.78, 5) is 4.52. The topological polar surface area (TPSA) is 68.6 Å². The first-order valence-corrected chi connectivity index (χ1v) is 8.88. The van der Waals surface area contributed by atoms with E-state index in [2.05, 4.69) is 15.2 Å². The number of hydrogen-bond donors (Lipinski definition) is 1. The third-order valence-corrected chi connectivity index (χ3v) is 4.93. The van der Waals surface area contributed by atoms with E-state index in [4.69, 9.17) is 9.84 Å². The zero-order chi connectivity index (χ0) is 18.5. The van der Waals surface area contributed by atoms with E-state index in [9.17, 15) is 4.39 Å². The first-order chi connectivity index (χ1) is 13.1. The number of H-pyrrole nitrogens is 1. The Kier molecular flexibility index (Phi) is 3.58. The number of halogens is 1. The van der Waals surface area contributed by atoms with Gasteiger partial charge in [-0.1, -0.05) is 0 Å². The fraction of sp³-hybridized carbons (Fsp3) is 0.250. The summed E-state index contributed by atoms with van der Waals surface area (Å²) >= 11 is 0. The zero-order valence-corrected chi connectivity index (χ0v) is 15.0. The quantitative estimate of drug-likeness (QED) is 0.587. The molecule has 27 heavy (non-hydrogen) atoms. The highest BCUT2D eigenvalue weighted by atomic mass is 19.1. The number of nitrogens with zero attached hydrogens (tertiary/aromatic N) is 4. The van der Waals surface area contributed by atoms with Gasteiger partial charge in [0.15, 0.2) is 5.65 Å². The van der Waals surface area contributed by atoms with Gasteiger partial charge in [-0.15, -0.1) is 0 Å². The molecular weight excluding hydrogens is 345 g/mol. The average molecular weight is 363 g/mol. The molecule has 0 bridgehead atoms. The molecule has 5 rings (SSSR count). The minimum Gasteiger partial charge on any atom is -0.370 e. The molecule has 0 fully saturated rings. The Bertz CT molecular complexity index is 1150. The van der Waals surface area contributed by atoms with Gasteiger partial charge in [-0.2, -0.15) is 10.2 Å². The second-order valence-electron chi connectivity index (χ2n) is 6.92. The largest absolute Gasteiger partial charge is 0.370 e. The summed E-state index contributed by atoms with van der Waals surface area (Å²) in [6, 6.07) is 8.49. The minimum absolute atomic E-state index is 0.0967. The molecule has 6 nitrogen and oxygen atoms in total. The van der Waals surface area contributed by atoms with Crippen molar-refractivity contribution in [2.75, 3.05) is 0 Å². The van der Waals surface area contributed by atoms with Gasteiger partial charge in [0.05, 0.1) is 31.1 Å². The fourth-order valence-corrected chi connectivity index (χ4v) is 3.67. The van der Waals surface area contributed by atoms with E-state index in [0.717, 1.165) is 44.8 Å². The highest BCUT2D eigenvalue weighted by Crippen LogP contribution is 2.39. The molecule has 1 atom stereocenters. The summed E-state index contributed by atoms with van der Waals surface area (Å²) in [5.41, 5.74) is 6.32. The highest BCUT2D eigenvalue weighted by Gasteiger charge is 2.27. The van der Waals surface area contributed by atoms with Crippen molar-refractivity contribution >= 4 is 11.0 Å². The summed E-state index contributed by atoms with van der Waals surface area (Å²) < 4.78 is 21.4. The first-order valence-electron chi connectivity index (χ1n) is 8.88. The summed E-state index contributed by atoms with van der Waals surface area (Å²) in [7, 11) is 0. The minimum atomic E-state index is -0.266. The van der Waals surface area contributed by atoms with E-state index < -0.39 is 0 Å². The van der Waals surface area contributed by atoms with Gasteiger partial charge < -0.3 is 4.74 Å². The normalized spacial score (nSPS) is 16.6. The van der Waals surface area contributed by atoms with E-state index in [1.54, 1.807) is 18.3 Å². The van der Waals surface area contributed by atoms with Crippen molar-refractivity contribution in [2.24, 2.45) is 0 Å². The van der Waals surface area contributed by atoms with Crippen molar-refractivity contribution < 1.29 is 9.13 Å². The van der Waals surface area contributed by atoms with E-state index >= 15 is 0 Å². The Hall–Kier alpha value is -3.06. The van der Waals surface area contributed by atoms with Crippen LogP contribution in [0.5, 0.6) is 0 Å². The fourth-order valence-electron chi connectivity index (χ4n) is 3.67. The van der Waals surface area contributed by atoms with E-state index in [1.165, 1.54) is 12.1 Å². The molecule has 3 aromatic heterocycles. The third kappa shape index (κ3) is 2.62. The lowest BCUT2D eigenvalue weighted by molar-refractivity contribution is 0.0128. The van der Waals surface area contributed by atoms with Crippen LogP contribution in [0.2, 0.25) is 0 Å². The SMILES string of the molecule is Cc1cc(-c2c(-c3ccc(F)cc3)nn3c2CO[C@@H](C)C3)c2cn[nH]c2n1. The van der Waals surface area contributed by atoms with Crippen LogP contribution in [-0.2, 0) is 17.9 Å². The van der Waals surface area contributed by atoms with Crippen LogP contribution in [0, 0.1) is 12.7 Å².